The van der Waals surface area contributed by atoms with Crippen molar-refractivity contribution in [2.24, 2.45) is 11.3 Å². The molecule has 0 aromatic rings. The molecule has 0 aromatic carbocycles. The Morgan fingerprint density at radius 3 is 1.94 bits per heavy atom. The molecule has 0 fully saturated rings. The molecule has 1 atom stereocenters. The van der Waals surface area contributed by atoms with Gasteiger partial charge in [-0.15, -0.1) is 0 Å². The zero-order valence-electron chi connectivity index (χ0n) is 11.0. The van der Waals surface area contributed by atoms with Crippen molar-refractivity contribution in [1.29, 1.82) is 0 Å². The van der Waals surface area contributed by atoms with E-state index in [9.17, 15) is 14.4 Å². The summed E-state index contributed by atoms with van der Waals surface area (Å²) in [6.45, 7) is 8.50. The van der Waals surface area contributed by atoms with Crippen LogP contribution in [0, 0.1) is 11.3 Å². The minimum absolute atomic E-state index is 0.183. The third kappa shape index (κ3) is 5.47. The highest BCUT2D eigenvalue weighted by molar-refractivity contribution is 5.91. The van der Waals surface area contributed by atoms with Crippen molar-refractivity contribution in [2.75, 3.05) is 0 Å². The fourth-order valence-electron chi connectivity index (χ4n) is 1.03. The predicted molar refractivity (Wildman–Crippen MR) is 63.5 cm³/mol. The fourth-order valence-corrected chi connectivity index (χ4v) is 1.03. The number of carboxylic acid groups (broad SMARTS) is 1. The zero-order chi connectivity index (χ0) is 13.8. The molecule has 17 heavy (non-hydrogen) atoms. The third-order valence-corrected chi connectivity index (χ3v) is 2.36. The number of hydrogen-bond donors (Lipinski definition) is 2. The van der Waals surface area contributed by atoms with E-state index in [1.807, 2.05) is 0 Å². The standard InChI is InChI=1S/C12H21NO4/c1-7(2)10(15)13-8(11(16)17)6-9(14)12(3,4)5/h7-8H,6H2,1-5H3,(H,13,15)(H,16,17). The summed E-state index contributed by atoms with van der Waals surface area (Å²) in [7, 11) is 0. The minimum Gasteiger partial charge on any atom is -0.480 e. The van der Waals surface area contributed by atoms with Gasteiger partial charge in [0.1, 0.15) is 11.8 Å². The van der Waals surface area contributed by atoms with Crippen LogP contribution in [0.3, 0.4) is 0 Å². The molecule has 0 radical (unpaired) electrons. The lowest BCUT2D eigenvalue weighted by Crippen LogP contribution is -2.45. The Labute approximate surface area is 102 Å². The number of carboxylic acids is 1. The minimum atomic E-state index is -1.18. The second-order valence-corrected chi connectivity index (χ2v) is 5.43. The highest BCUT2D eigenvalue weighted by Crippen LogP contribution is 2.18. The molecular formula is C12H21NO4. The van der Waals surface area contributed by atoms with Crippen LogP contribution in [0.15, 0.2) is 0 Å². The number of rotatable bonds is 5. The van der Waals surface area contributed by atoms with Crippen LogP contribution < -0.4 is 5.32 Å². The first-order valence-corrected chi connectivity index (χ1v) is 5.62. The number of ketones is 1. The van der Waals surface area contributed by atoms with Crippen LogP contribution in [0.4, 0.5) is 0 Å². The molecule has 98 valence electrons. The van der Waals surface area contributed by atoms with Gasteiger partial charge >= 0.3 is 5.97 Å². The van der Waals surface area contributed by atoms with Crippen LogP contribution in [0.5, 0.6) is 0 Å². The van der Waals surface area contributed by atoms with Gasteiger partial charge in [0.2, 0.25) is 5.91 Å². The summed E-state index contributed by atoms with van der Waals surface area (Å²) in [4.78, 5) is 34.1. The molecule has 0 aliphatic rings. The van der Waals surface area contributed by atoms with Crippen LogP contribution >= 0.6 is 0 Å². The van der Waals surface area contributed by atoms with Crippen molar-refractivity contribution in [1.82, 2.24) is 5.32 Å². The summed E-state index contributed by atoms with van der Waals surface area (Å²) in [6, 6.07) is -1.14. The number of carbonyl (C=O) groups is 3. The van der Waals surface area contributed by atoms with Gasteiger partial charge in [-0.05, 0) is 0 Å². The van der Waals surface area contributed by atoms with Gasteiger partial charge in [0.05, 0.1) is 0 Å². The van der Waals surface area contributed by atoms with Crippen LogP contribution in [0.1, 0.15) is 41.0 Å². The number of amides is 1. The molecule has 0 rings (SSSR count). The highest BCUT2D eigenvalue weighted by atomic mass is 16.4. The number of nitrogens with one attached hydrogen (secondary N) is 1. The third-order valence-electron chi connectivity index (χ3n) is 2.36. The maximum atomic E-state index is 11.7. The second kappa shape index (κ2) is 5.80. The molecule has 5 nitrogen and oxygen atoms in total. The smallest absolute Gasteiger partial charge is 0.326 e. The van der Waals surface area contributed by atoms with Crippen LogP contribution in [0.25, 0.3) is 0 Å². The average molecular weight is 243 g/mol. The monoisotopic (exact) mass is 243 g/mol. The lowest BCUT2D eigenvalue weighted by Gasteiger charge is -2.21. The molecule has 0 bridgehead atoms. The molecule has 5 heteroatoms. The molecule has 0 aromatic heterocycles. The Morgan fingerprint density at radius 1 is 1.18 bits per heavy atom. The molecule has 0 saturated heterocycles. The van der Waals surface area contributed by atoms with Crippen LogP contribution in [-0.2, 0) is 14.4 Å². The maximum Gasteiger partial charge on any atom is 0.326 e. The molecule has 0 aliphatic heterocycles. The molecule has 0 saturated carbocycles. The van der Waals surface area contributed by atoms with Gasteiger partial charge in [-0.25, -0.2) is 4.79 Å². The predicted octanol–water partition coefficient (Wildman–Crippen LogP) is 1.22. The van der Waals surface area contributed by atoms with Crippen molar-refractivity contribution in [2.45, 2.75) is 47.1 Å². The lowest BCUT2D eigenvalue weighted by molar-refractivity contribution is -0.144. The second-order valence-electron chi connectivity index (χ2n) is 5.43. The normalized spacial score (nSPS) is 13.3. The van der Waals surface area contributed by atoms with Gasteiger partial charge in [-0.3, -0.25) is 9.59 Å². The van der Waals surface area contributed by atoms with E-state index >= 15 is 0 Å². The summed E-state index contributed by atoms with van der Waals surface area (Å²) in [6.07, 6.45) is -0.183. The highest BCUT2D eigenvalue weighted by Gasteiger charge is 2.29. The molecular weight excluding hydrogens is 222 g/mol. The van der Waals surface area contributed by atoms with Gasteiger partial charge in [0, 0.05) is 17.8 Å². The maximum absolute atomic E-state index is 11.7. The topological polar surface area (TPSA) is 83.5 Å². The number of carbonyl (C=O) groups excluding carboxylic acids is 2. The first-order chi connectivity index (χ1) is 7.55. The van der Waals surface area contributed by atoms with Gasteiger partial charge in [-0.1, -0.05) is 34.6 Å². The SMILES string of the molecule is CC(C)C(=O)NC(CC(=O)C(C)(C)C)C(=O)O. The van der Waals surface area contributed by atoms with Crippen molar-refractivity contribution >= 4 is 17.7 Å². The van der Waals surface area contributed by atoms with Gasteiger partial charge < -0.3 is 10.4 Å². The van der Waals surface area contributed by atoms with Crippen molar-refractivity contribution in [3.05, 3.63) is 0 Å². The molecule has 1 amide bonds. The zero-order valence-corrected chi connectivity index (χ0v) is 11.0. The summed E-state index contributed by atoms with van der Waals surface area (Å²) < 4.78 is 0. The molecule has 0 heterocycles. The van der Waals surface area contributed by atoms with Crippen molar-refractivity contribution < 1.29 is 19.5 Å². The lowest BCUT2D eigenvalue weighted by atomic mass is 9.87. The molecule has 2 N–H and O–H groups in total. The fraction of sp³-hybridized carbons (Fsp3) is 0.750. The van der Waals surface area contributed by atoms with Gasteiger partial charge in [0.25, 0.3) is 0 Å². The Bertz CT molecular complexity index is 315. The van der Waals surface area contributed by atoms with Gasteiger partial charge in [0.15, 0.2) is 0 Å². The summed E-state index contributed by atoms with van der Waals surface area (Å²) in [5.74, 6) is -2.04. The van der Waals surface area contributed by atoms with E-state index in [1.165, 1.54) is 0 Å². The molecule has 0 spiro atoms. The Morgan fingerprint density at radius 2 is 1.65 bits per heavy atom. The summed E-state index contributed by atoms with van der Waals surface area (Å²) in [5, 5.41) is 11.3. The number of aliphatic carboxylic acids is 1. The quantitative estimate of drug-likeness (QED) is 0.760. The van der Waals surface area contributed by atoms with E-state index in [4.69, 9.17) is 5.11 Å². The van der Waals surface area contributed by atoms with E-state index in [1.54, 1.807) is 34.6 Å². The van der Waals surface area contributed by atoms with Crippen LogP contribution in [-0.4, -0.2) is 28.8 Å². The van der Waals surface area contributed by atoms with E-state index in [2.05, 4.69) is 5.32 Å². The number of hydrogen-bond acceptors (Lipinski definition) is 3. The van der Waals surface area contributed by atoms with E-state index in [0.717, 1.165) is 0 Å². The first-order valence-electron chi connectivity index (χ1n) is 5.62. The van der Waals surface area contributed by atoms with Crippen molar-refractivity contribution in [3.63, 3.8) is 0 Å². The van der Waals surface area contributed by atoms with Gasteiger partial charge in [-0.2, -0.15) is 0 Å². The van der Waals surface area contributed by atoms with Crippen LogP contribution in [0.2, 0.25) is 0 Å². The average Bonchev–Trinajstić information content (AvgIpc) is 2.14. The molecule has 0 aliphatic carbocycles. The number of Topliss-reactive ketones (excluding diaryl/α,β-unsaturated/α-hetero) is 1. The largest absolute Gasteiger partial charge is 0.480 e. The summed E-state index contributed by atoms with van der Waals surface area (Å²) >= 11 is 0. The molecule has 1 unspecified atom stereocenters. The van der Waals surface area contributed by atoms with E-state index in [0.29, 0.717) is 0 Å². The Balaban J connectivity index is 4.62. The Kier molecular flexibility index (Phi) is 5.32. The first kappa shape index (κ1) is 15.6. The Hall–Kier alpha value is -1.39. The summed E-state index contributed by atoms with van der Waals surface area (Å²) in [5.41, 5.74) is -0.601. The van der Waals surface area contributed by atoms with E-state index in [-0.39, 0.29) is 24.0 Å². The van der Waals surface area contributed by atoms with E-state index < -0.39 is 17.4 Å². The van der Waals surface area contributed by atoms with Crippen molar-refractivity contribution in [3.8, 4) is 0 Å².